The second kappa shape index (κ2) is 10.0. The largest absolute Gasteiger partial charge is 0.492 e. The smallest absolute Gasteiger partial charge is 0.119 e. The fraction of sp³-hybridized carbons (Fsp3) is 0.591. The second-order valence-electron chi connectivity index (χ2n) is 7.70. The van der Waals surface area contributed by atoms with Crippen molar-refractivity contribution in [3.8, 4) is 5.75 Å². The van der Waals surface area contributed by atoms with Crippen molar-refractivity contribution in [2.75, 3.05) is 33.4 Å². The summed E-state index contributed by atoms with van der Waals surface area (Å²) < 4.78 is 13.4. The van der Waals surface area contributed by atoms with E-state index in [1.165, 1.54) is 16.8 Å². The van der Waals surface area contributed by atoms with Gasteiger partial charge in [-0.1, -0.05) is 12.1 Å². The Kier molecular flexibility index (Phi) is 7.48. The van der Waals surface area contributed by atoms with E-state index < -0.39 is 0 Å². The summed E-state index contributed by atoms with van der Waals surface area (Å²) >= 11 is 0. The Balaban J connectivity index is 1.43. The monoisotopic (exact) mass is 386 g/mol. The molecule has 1 aliphatic heterocycles. The highest BCUT2D eigenvalue weighted by atomic mass is 16.5. The molecule has 1 aliphatic rings. The van der Waals surface area contributed by atoms with E-state index in [1.54, 1.807) is 0 Å². The van der Waals surface area contributed by atoms with Crippen LogP contribution in [-0.4, -0.2) is 54.1 Å². The van der Waals surface area contributed by atoms with Crippen LogP contribution < -0.4 is 10.1 Å². The van der Waals surface area contributed by atoms with Crippen LogP contribution in [0, 0.1) is 13.8 Å². The molecule has 0 radical (unpaired) electrons. The van der Waals surface area contributed by atoms with Crippen molar-refractivity contribution >= 4 is 0 Å². The van der Waals surface area contributed by atoms with Gasteiger partial charge in [-0.05, 0) is 51.4 Å². The van der Waals surface area contributed by atoms with Crippen molar-refractivity contribution in [2.24, 2.45) is 7.05 Å². The molecule has 0 atom stereocenters. The van der Waals surface area contributed by atoms with Crippen LogP contribution >= 0.6 is 0 Å². The van der Waals surface area contributed by atoms with E-state index in [2.05, 4.69) is 54.4 Å². The lowest BCUT2D eigenvalue weighted by atomic mass is 10.1. The van der Waals surface area contributed by atoms with Crippen molar-refractivity contribution in [1.29, 1.82) is 0 Å². The molecule has 1 fully saturated rings. The minimum atomic E-state index is 0.618. The highest BCUT2D eigenvalue weighted by Gasteiger charge is 2.18. The van der Waals surface area contributed by atoms with Gasteiger partial charge in [0.15, 0.2) is 0 Å². The maximum atomic E-state index is 6.00. The summed E-state index contributed by atoms with van der Waals surface area (Å²) in [4.78, 5) is 2.40. The van der Waals surface area contributed by atoms with Crippen LogP contribution in [0.3, 0.4) is 0 Å². The van der Waals surface area contributed by atoms with Gasteiger partial charge in [-0.15, -0.1) is 0 Å². The van der Waals surface area contributed by atoms with Crippen LogP contribution in [0.2, 0.25) is 0 Å². The topological polar surface area (TPSA) is 51.5 Å². The lowest BCUT2D eigenvalue weighted by molar-refractivity contribution is 0.0392. The summed E-state index contributed by atoms with van der Waals surface area (Å²) in [5.41, 5.74) is 4.83. The molecule has 2 aromatic rings. The van der Waals surface area contributed by atoms with Crippen LogP contribution in [0.1, 0.15) is 35.4 Å². The molecule has 2 heterocycles. The molecule has 3 rings (SSSR count). The molecule has 0 spiro atoms. The Bertz CT molecular complexity index is 753. The van der Waals surface area contributed by atoms with Gasteiger partial charge >= 0.3 is 0 Å². The van der Waals surface area contributed by atoms with E-state index in [0.717, 1.165) is 57.1 Å². The Labute approximate surface area is 168 Å². The zero-order valence-electron chi connectivity index (χ0n) is 17.7. The third kappa shape index (κ3) is 5.56. The number of nitrogens with one attached hydrogen (secondary N) is 1. The predicted octanol–water partition coefficient (Wildman–Crippen LogP) is 2.82. The number of likely N-dealkylation sites (N-methyl/N-ethyl adjacent to an activating group) is 1. The normalized spacial score (nSPS) is 15.3. The van der Waals surface area contributed by atoms with Crippen LogP contribution in [-0.2, 0) is 24.9 Å². The van der Waals surface area contributed by atoms with Gasteiger partial charge < -0.3 is 14.8 Å². The Morgan fingerprint density at radius 1 is 1.25 bits per heavy atom. The summed E-state index contributed by atoms with van der Waals surface area (Å²) in [5.74, 6) is 0.938. The predicted molar refractivity (Wildman–Crippen MR) is 112 cm³/mol. The number of rotatable bonds is 9. The van der Waals surface area contributed by atoms with E-state index in [0.29, 0.717) is 12.6 Å². The summed E-state index contributed by atoms with van der Waals surface area (Å²) in [6.45, 7) is 9.22. The fourth-order valence-electron chi connectivity index (χ4n) is 3.77. The lowest BCUT2D eigenvalue weighted by Crippen LogP contribution is -2.38. The average Bonchev–Trinajstić information content (AvgIpc) is 2.95. The number of aromatic nitrogens is 2. The number of aryl methyl sites for hydroxylation is 2. The Hall–Kier alpha value is -1.89. The summed E-state index contributed by atoms with van der Waals surface area (Å²) in [6, 6.07) is 8.98. The summed E-state index contributed by atoms with van der Waals surface area (Å²) in [6.07, 6.45) is 2.24. The zero-order chi connectivity index (χ0) is 19.9. The maximum absolute atomic E-state index is 6.00. The van der Waals surface area contributed by atoms with E-state index in [1.807, 2.05) is 17.8 Å². The highest BCUT2D eigenvalue weighted by Crippen LogP contribution is 2.16. The minimum Gasteiger partial charge on any atom is -0.492 e. The molecule has 0 bridgehead atoms. The van der Waals surface area contributed by atoms with Crippen LogP contribution in [0.25, 0.3) is 0 Å². The molecular formula is C22H34N4O2. The van der Waals surface area contributed by atoms with Crippen molar-refractivity contribution in [3.63, 3.8) is 0 Å². The first-order valence-corrected chi connectivity index (χ1v) is 10.2. The number of ether oxygens (including phenoxy) is 2. The maximum Gasteiger partial charge on any atom is 0.119 e. The van der Waals surface area contributed by atoms with Gasteiger partial charge in [0.05, 0.1) is 5.69 Å². The first-order chi connectivity index (χ1) is 13.5. The van der Waals surface area contributed by atoms with Crippen LogP contribution in [0.5, 0.6) is 5.75 Å². The highest BCUT2D eigenvalue weighted by molar-refractivity contribution is 5.29. The molecule has 1 aromatic heterocycles. The SMILES string of the molecule is Cc1nn(C)c(C)c1CNCc1cccc(OCCN(C)C2CCOCC2)c1. The third-order valence-corrected chi connectivity index (χ3v) is 5.72. The molecule has 1 aromatic carbocycles. The molecule has 0 saturated carbocycles. The molecule has 0 amide bonds. The van der Waals surface area contributed by atoms with E-state index in [-0.39, 0.29) is 0 Å². The Morgan fingerprint density at radius 2 is 2.04 bits per heavy atom. The van der Waals surface area contributed by atoms with Crippen molar-refractivity contribution in [3.05, 3.63) is 46.8 Å². The van der Waals surface area contributed by atoms with Gasteiger partial charge in [0.2, 0.25) is 0 Å². The number of nitrogens with zero attached hydrogens (tertiary/aromatic N) is 3. The van der Waals surface area contributed by atoms with Crippen molar-refractivity contribution in [1.82, 2.24) is 20.0 Å². The van der Waals surface area contributed by atoms with Crippen LogP contribution in [0.15, 0.2) is 24.3 Å². The molecule has 0 aliphatic carbocycles. The zero-order valence-corrected chi connectivity index (χ0v) is 17.7. The first-order valence-electron chi connectivity index (χ1n) is 10.2. The van der Waals surface area contributed by atoms with Crippen molar-refractivity contribution in [2.45, 2.75) is 45.8 Å². The van der Waals surface area contributed by atoms with Gasteiger partial charge in [0.1, 0.15) is 12.4 Å². The molecule has 0 unspecified atom stereocenters. The number of benzene rings is 1. The molecule has 6 nitrogen and oxygen atoms in total. The fourth-order valence-corrected chi connectivity index (χ4v) is 3.77. The average molecular weight is 387 g/mol. The Morgan fingerprint density at radius 3 is 2.75 bits per heavy atom. The van der Waals surface area contributed by atoms with Gasteiger partial charge in [-0.2, -0.15) is 5.10 Å². The molecule has 6 heteroatoms. The van der Waals surface area contributed by atoms with Gasteiger partial charge in [0.25, 0.3) is 0 Å². The first kappa shape index (κ1) is 20.8. The van der Waals surface area contributed by atoms with E-state index in [9.17, 15) is 0 Å². The standard InChI is InChI=1S/C22H34N4O2/c1-17-22(18(2)26(4)24-17)16-23-15-19-6-5-7-21(14-19)28-13-10-25(3)20-8-11-27-12-9-20/h5-7,14,20,23H,8-13,15-16H2,1-4H3. The molecule has 154 valence electrons. The summed E-state index contributed by atoms with van der Waals surface area (Å²) in [7, 11) is 4.17. The second-order valence-corrected chi connectivity index (χ2v) is 7.70. The van der Waals surface area contributed by atoms with E-state index in [4.69, 9.17) is 9.47 Å². The minimum absolute atomic E-state index is 0.618. The quantitative estimate of drug-likeness (QED) is 0.718. The summed E-state index contributed by atoms with van der Waals surface area (Å²) in [5, 5.41) is 8.01. The van der Waals surface area contributed by atoms with Gasteiger partial charge in [-0.25, -0.2) is 0 Å². The van der Waals surface area contributed by atoms with Gasteiger partial charge in [0, 0.05) is 57.2 Å². The van der Waals surface area contributed by atoms with Crippen LogP contribution in [0.4, 0.5) is 0 Å². The van der Waals surface area contributed by atoms with E-state index >= 15 is 0 Å². The molecule has 1 N–H and O–H groups in total. The molecular weight excluding hydrogens is 352 g/mol. The number of hydrogen-bond acceptors (Lipinski definition) is 5. The third-order valence-electron chi connectivity index (χ3n) is 5.72. The molecule has 28 heavy (non-hydrogen) atoms. The number of hydrogen-bond donors (Lipinski definition) is 1. The van der Waals surface area contributed by atoms with Gasteiger partial charge in [-0.3, -0.25) is 9.58 Å². The lowest BCUT2D eigenvalue weighted by Gasteiger charge is -2.31. The van der Waals surface area contributed by atoms with Crippen molar-refractivity contribution < 1.29 is 9.47 Å². The molecule has 1 saturated heterocycles.